The van der Waals surface area contributed by atoms with Crippen molar-refractivity contribution >= 4 is 29.4 Å². The van der Waals surface area contributed by atoms with Gasteiger partial charge in [0.1, 0.15) is 17.7 Å². The smallest absolute Gasteiger partial charge is 0.408 e. The maximum atomic E-state index is 13.5. The average Bonchev–Trinajstić information content (AvgIpc) is 3.39. The third-order valence-electron chi connectivity index (χ3n) is 5.48. The highest BCUT2D eigenvalue weighted by Gasteiger charge is 2.43. The largest absolute Gasteiger partial charge is 0.467 e. The summed E-state index contributed by atoms with van der Waals surface area (Å²) in [5.74, 6) is -0.578. The lowest BCUT2D eigenvalue weighted by Crippen LogP contribution is -2.50. The summed E-state index contributed by atoms with van der Waals surface area (Å²) in [5, 5.41) is 9.16. The molecule has 32 heavy (non-hydrogen) atoms. The van der Waals surface area contributed by atoms with Crippen molar-refractivity contribution in [1.82, 2.24) is 10.2 Å². The first-order valence-electron chi connectivity index (χ1n) is 10.9. The molecule has 1 saturated heterocycles. The summed E-state index contributed by atoms with van der Waals surface area (Å²) in [6, 6.07) is 7.78. The van der Waals surface area contributed by atoms with Crippen LogP contribution < -0.4 is 10.3 Å². The lowest BCUT2D eigenvalue weighted by Gasteiger charge is -2.29. The molecule has 0 saturated carbocycles. The zero-order chi connectivity index (χ0) is 23.5. The second kappa shape index (κ2) is 9.58. The van der Waals surface area contributed by atoms with Crippen LogP contribution in [-0.4, -0.2) is 66.0 Å². The Morgan fingerprint density at radius 2 is 1.84 bits per heavy atom. The number of alkyl carbamates (subject to hydrolysis) is 1. The van der Waals surface area contributed by atoms with Gasteiger partial charge >= 0.3 is 12.1 Å². The molecule has 1 unspecified atom stereocenters. The van der Waals surface area contributed by atoms with Crippen LogP contribution in [0.25, 0.3) is 0 Å². The van der Waals surface area contributed by atoms with E-state index in [1.807, 2.05) is 37.3 Å². The normalized spacial score (nSPS) is 21.7. The molecule has 1 aromatic rings. The van der Waals surface area contributed by atoms with Crippen molar-refractivity contribution in [2.45, 2.75) is 70.7 Å². The van der Waals surface area contributed by atoms with E-state index in [1.54, 1.807) is 30.7 Å². The first-order chi connectivity index (χ1) is 15.1. The van der Waals surface area contributed by atoms with E-state index in [-0.39, 0.29) is 5.91 Å². The summed E-state index contributed by atoms with van der Waals surface area (Å²) in [7, 11) is 1.33. The second-order valence-electron chi connectivity index (χ2n) is 9.07. The van der Waals surface area contributed by atoms with Crippen LogP contribution in [0.5, 0.6) is 0 Å². The van der Waals surface area contributed by atoms with Crippen LogP contribution in [0.4, 0.5) is 10.5 Å². The van der Waals surface area contributed by atoms with E-state index in [1.165, 1.54) is 7.11 Å². The fraction of sp³-hybridized carbons (Fsp3) is 0.565. The van der Waals surface area contributed by atoms with Gasteiger partial charge in [0.25, 0.3) is 0 Å². The number of esters is 1. The highest BCUT2D eigenvalue weighted by Crippen LogP contribution is 2.29. The van der Waals surface area contributed by atoms with E-state index < -0.39 is 35.8 Å². The minimum absolute atomic E-state index is 0.176. The molecular formula is C23H32N4O5. The van der Waals surface area contributed by atoms with E-state index in [0.717, 1.165) is 12.1 Å². The van der Waals surface area contributed by atoms with Gasteiger partial charge in [-0.05, 0) is 52.7 Å². The van der Waals surface area contributed by atoms with E-state index in [9.17, 15) is 14.4 Å². The maximum absolute atomic E-state index is 13.5. The molecule has 3 rings (SSSR count). The van der Waals surface area contributed by atoms with Crippen LogP contribution in [0, 0.1) is 0 Å². The van der Waals surface area contributed by atoms with E-state index in [4.69, 9.17) is 9.47 Å². The first kappa shape index (κ1) is 23.6. The number of anilines is 1. The molecular weight excluding hydrogens is 412 g/mol. The molecule has 9 nitrogen and oxygen atoms in total. The Morgan fingerprint density at radius 3 is 2.47 bits per heavy atom. The van der Waals surface area contributed by atoms with Crippen LogP contribution >= 0.6 is 0 Å². The van der Waals surface area contributed by atoms with Crippen molar-refractivity contribution in [1.29, 1.82) is 0 Å². The third-order valence-corrected chi connectivity index (χ3v) is 5.48. The Morgan fingerprint density at radius 1 is 1.16 bits per heavy atom. The molecule has 2 aliphatic heterocycles. The molecule has 2 amide bonds. The topological polar surface area (TPSA) is 101 Å². The lowest BCUT2D eigenvalue weighted by molar-refractivity contribution is -0.151. The molecule has 3 atom stereocenters. The summed E-state index contributed by atoms with van der Waals surface area (Å²) < 4.78 is 10.2. The van der Waals surface area contributed by atoms with E-state index in [2.05, 4.69) is 10.4 Å². The van der Waals surface area contributed by atoms with Gasteiger partial charge in [0.2, 0.25) is 5.91 Å². The minimum atomic E-state index is -0.617. The molecule has 1 fully saturated rings. The molecule has 0 spiro atoms. The van der Waals surface area contributed by atoms with Gasteiger partial charge in [0.05, 0.1) is 24.6 Å². The van der Waals surface area contributed by atoms with Crippen LogP contribution in [-0.2, 0) is 19.1 Å². The second-order valence-corrected chi connectivity index (χ2v) is 9.07. The Balaban J connectivity index is 1.81. The third kappa shape index (κ3) is 5.38. The van der Waals surface area contributed by atoms with Gasteiger partial charge in [-0.1, -0.05) is 18.2 Å². The zero-order valence-electron chi connectivity index (χ0n) is 19.3. The molecule has 1 aromatic carbocycles. The predicted molar refractivity (Wildman–Crippen MR) is 120 cm³/mol. The van der Waals surface area contributed by atoms with E-state index in [0.29, 0.717) is 25.1 Å². The quantitative estimate of drug-likeness (QED) is 0.701. The number of amides is 2. The molecule has 0 aliphatic carbocycles. The fourth-order valence-electron chi connectivity index (χ4n) is 3.98. The van der Waals surface area contributed by atoms with Gasteiger partial charge in [-0.25, -0.2) is 9.59 Å². The highest BCUT2D eigenvalue weighted by atomic mass is 16.6. The maximum Gasteiger partial charge on any atom is 0.408 e. The van der Waals surface area contributed by atoms with Crippen molar-refractivity contribution in [3.05, 3.63) is 30.3 Å². The predicted octanol–water partition coefficient (Wildman–Crippen LogP) is 2.70. The summed E-state index contributed by atoms with van der Waals surface area (Å²) in [4.78, 5) is 39.5. The number of nitrogens with zero attached hydrogens (tertiary/aromatic N) is 3. The van der Waals surface area contributed by atoms with Crippen molar-refractivity contribution in [2.24, 2.45) is 5.10 Å². The lowest BCUT2D eigenvalue weighted by atomic mass is 10.0. The number of nitrogens with one attached hydrogen (secondary N) is 1. The van der Waals surface area contributed by atoms with Crippen molar-refractivity contribution in [2.75, 3.05) is 18.7 Å². The molecule has 0 aromatic heterocycles. The van der Waals surface area contributed by atoms with Crippen LogP contribution in [0.2, 0.25) is 0 Å². The minimum Gasteiger partial charge on any atom is -0.467 e. The van der Waals surface area contributed by atoms with Gasteiger partial charge in [-0.15, -0.1) is 0 Å². The Labute approximate surface area is 188 Å². The molecule has 174 valence electrons. The van der Waals surface area contributed by atoms with Crippen LogP contribution in [0.1, 0.15) is 47.0 Å². The Hall–Kier alpha value is -3.10. The zero-order valence-corrected chi connectivity index (χ0v) is 19.3. The van der Waals surface area contributed by atoms with Gasteiger partial charge < -0.3 is 19.7 Å². The molecule has 9 heteroatoms. The number of para-hydroxylation sites is 1. The Kier molecular flexibility index (Phi) is 7.06. The number of ether oxygens (including phenoxy) is 2. The monoisotopic (exact) mass is 444 g/mol. The molecule has 0 bridgehead atoms. The standard InChI is InChI=1S/C23H32N4O5/c1-15(24-22(30)32-23(2,3)4)17-14-19(27(25-17)16-10-7-6-8-11-16)20(28)26-13-9-12-18(26)21(29)31-5/h6-8,10-11,15,18-19H,9,12-14H2,1-5H3,(H,24,30)/t15-,18-,19?/m0/s1. The highest BCUT2D eigenvalue weighted by molar-refractivity contribution is 6.02. The number of hydrazone groups is 1. The fourth-order valence-corrected chi connectivity index (χ4v) is 3.98. The number of likely N-dealkylation sites (tertiary alicyclic amines) is 1. The number of carbonyl (C=O) groups excluding carboxylic acids is 3. The van der Waals surface area contributed by atoms with Gasteiger partial charge in [-0.2, -0.15) is 5.10 Å². The van der Waals surface area contributed by atoms with Gasteiger partial charge in [-0.3, -0.25) is 9.80 Å². The van der Waals surface area contributed by atoms with Crippen molar-refractivity contribution < 1.29 is 23.9 Å². The first-order valence-corrected chi connectivity index (χ1v) is 10.9. The van der Waals surface area contributed by atoms with Crippen molar-refractivity contribution in [3.8, 4) is 0 Å². The van der Waals surface area contributed by atoms with Gasteiger partial charge in [0, 0.05) is 13.0 Å². The molecule has 2 heterocycles. The number of methoxy groups -OCH3 is 1. The van der Waals surface area contributed by atoms with Crippen molar-refractivity contribution in [3.63, 3.8) is 0 Å². The van der Waals surface area contributed by atoms with Gasteiger partial charge in [0.15, 0.2) is 0 Å². The molecule has 0 radical (unpaired) electrons. The molecule has 1 N–H and O–H groups in total. The summed E-state index contributed by atoms with van der Waals surface area (Å²) >= 11 is 0. The Bertz CT molecular complexity index is 880. The number of hydrogen-bond donors (Lipinski definition) is 1. The summed E-state index contributed by atoms with van der Waals surface area (Å²) in [6.07, 6.45) is 1.11. The average molecular weight is 445 g/mol. The number of benzene rings is 1. The number of hydrogen-bond acceptors (Lipinski definition) is 7. The van der Waals surface area contributed by atoms with Crippen LogP contribution in [0.3, 0.4) is 0 Å². The van der Waals surface area contributed by atoms with Crippen LogP contribution in [0.15, 0.2) is 35.4 Å². The number of carbonyl (C=O) groups is 3. The SMILES string of the molecule is COC(=O)[C@@H]1CCCN1C(=O)C1CC([C@H](C)NC(=O)OC(C)(C)C)=NN1c1ccccc1. The summed E-state index contributed by atoms with van der Waals surface area (Å²) in [5.41, 5.74) is 0.806. The molecule has 2 aliphatic rings. The summed E-state index contributed by atoms with van der Waals surface area (Å²) in [6.45, 7) is 7.70. The number of rotatable bonds is 5. The van der Waals surface area contributed by atoms with E-state index >= 15 is 0 Å².